The van der Waals surface area contributed by atoms with Gasteiger partial charge in [-0.3, -0.25) is 0 Å². The third-order valence-electron chi connectivity index (χ3n) is 5.99. The molecule has 0 aliphatic heterocycles. The zero-order valence-electron chi connectivity index (χ0n) is 19.3. The number of aromatic nitrogens is 1. The van der Waals surface area contributed by atoms with E-state index in [0.717, 1.165) is 19.6 Å². The maximum atomic E-state index is 5.16. The van der Waals surface area contributed by atoms with Crippen molar-refractivity contribution in [2.24, 2.45) is 0 Å². The highest BCUT2D eigenvalue weighted by molar-refractivity contribution is 5.12. The SMILES string of the molecule is CCCCCCCCCCCCCCC[n+]1ccc(C(C)CCCOC)cc1. The minimum absolute atomic E-state index is 0.626. The molecule has 0 amide bonds. The molecule has 1 unspecified atom stereocenters. The van der Waals surface area contributed by atoms with Crippen LogP contribution in [0.25, 0.3) is 0 Å². The normalized spacial score (nSPS) is 12.4. The van der Waals surface area contributed by atoms with Gasteiger partial charge in [-0.25, -0.2) is 4.57 Å². The number of hydrogen-bond acceptors (Lipinski definition) is 1. The summed E-state index contributed by atoms with van der Waals surface area (Å²) in [6.45, 7) is 6.65. The molecule has 0 radical (unpaired) electrons. The van der Waals surface area contributed by atoms with Gasteiger partial charge in [0.2, 0.25) is 0 Å². The molecule has 2 nitrogen and oxygen atoms in total. The smallest absolute Gasteiger partial charge is 0.169 e. The topological polar surface area (TPSA) is 13.1 Å². The Morgan fingerprint density at radius 2 is 1.25 bits per heavy atom. The fourth-order valence-electron chi connectivity index (χ4n) is 3.96. The van der Waals surface area contributed by atoms with Crippen LogP contribution in [0, 0.1) is 0 Å². The van der Waals surface area contributed by atoms with Crippen LogP contribution in [0.1, 0.15) is 122 Å². The number of aryl methyl sites for hydroxylation is 1. The zero-order valence-corrected chi connectivity index (χ0v) is 19.3. The maximum absolute atomic E-state index is 5.16. The highest BCUT2D eigenvalue weighted by Crippen LogP contribution is 2.19. The average molecular weight is 391 g/mol. The molecule has 1 aromatic rings. The lowest BCUT2D eigenvalue weighted by molar-refractivity contribution is -0.697. The third-order valence-corrected chi connectivity index (χ3v) is 5.99. The summed E-state index contributed by atoms with van der Waals surface area (Å²) < 4.78 is 7.51. The molecule has 0 aromatic carbocycles. The van der Waals surface area contributed by atoms with Crippen LogP contribution in [0.15, 0.2) is 24.5 Å². The highest BCUT2D eigenvalue weighted by Gasteiger charge is 2.08. The monoisotopic (exact) mass is 390 g/mol. The molecule has 1 heterocycles. The van der Waals surface area contributed by atoms with E-state index in [-0.39, 0.29) is 0 Å². The van der Waals surface area contributed by atoms with E-state index in [9.17, 15) is 0 Å². The molecule has 0 spiro atoms. The van der Waals surface area contributed by atoms with Gasteiger partial charge in [0, 0.05) is 32.3 Å². The number of unbranched alkanes of at least 4 members (excludes halogenated alkanes) is 12. The second kappa shape index (κ2) is 18.2. The van der Waals surface area contributed by atoms with Crippen LogP contribution < -0.4 is 4.57 Å². The van der Waals surface area contributed by atoms with Crippen molar-refractivity contribution in [3.05, 3.63) is 30.1 Å². The van der Waals surface area contributed by atoms with Crippen LogP contribution in [0.2, 0.25) is 0 Å². The molecule has 1 aromatic heterocycles. The Labute approximate surface area is 176 Å². The Hall–Kier alpha value is -0.890. The first-order valence-corrected chi connectivity index (χ1v) is 12.3. The Morgan fingerprint density at radius 1 is 0.750 bits per heavy atom. The van der Waals surface area contributed by atoms with E-state index in [4.69, 9.17) is 4.74 Å². The average Bonchev–Trinajstić information content (AvgIpc) is 2.72. The van der Waals surface area contributed by atoms with Gasteiger partial charge < -0.3 is 4.74 Å². The number of hydrogen-bond donors (Lipinski definition) is 0. The van der Waals surface area contributed by atoms with Crippen LogP contribution in [-0.4, -0.2) is 13.7 Å². The molecule has 0 aliphatic rings. The molecule has 0 saturated heterocycles. The first-order valence-electron chi connectivity index (χ1n) is 12.3. The van der Waals surface area contributed by atoms with Gasteiger partial charge in [-0.05, 0) is 30.7 Å². The number of methoxy groups -OCH3 is 1. The summed E-state index contributed by atoms with van der Waals surface area (Å²) in [5, 5.41) is 0. The van der Waals surface area contributed by atoms with Crippen LogP contribution in [0.4, 0.5) is 0 Å². The molecule has 0 bridgehead atoms. The van der Waals surface area contributed by atoms with E-state index >= 15 is 0 Å². The Morgan fingerprint density at radius 3 is 1.75 bits per heavy atom. The Kier molecular flexibility index (Phi) is 16.3. The van der Waals surface area contributed by atoms with Crippen LogP contribution >= 0.6 is 0 Å². The van der Waals surface area contributed by atoms with Crippen LogP contribution in [0.5, 0.6) is 0 Å². The molecule has 28 heavy (non-hydrogen) atoms. The zero-order chi connectivity index (χ0) is 20.3. The lowest BCUT2D eigenvalue weighted by atomic mass is 9.97. The summed E-state index contributed by atoms with van der Waals surface area (Å²) in [7, 11) is 1.78. The Bertz CT molecular complexity index is 442. The van der Waals surface area contributed by atoms with E-state index < -0.39 is 0 Å². The molecule has 162 valence electrons. The summed E-state index contributed by atoms with van der Waals surface area (Å²) in [5.41, 5.74) is 1.46. The number of pyridine rings is 1. The lowest BCUT2D eigenvalue weighted by Gasteiger charge is -2.10. The fraction of sp³-hybridized carbons (Fsp3) is 0.808. The maximum Gasteiger partial charge on any atom is 0.169 e. The summed E-state index contributed by atoms with van der Waals surface area (Å²) in [6.07, 6.45) is 25.4. The predicted octanol–water partition coefficient (Wildman–Crippen LogP) is 7.60. The largest absolute Gasteiger partial charge is 0.385 e. The first-order chi connectivity index (χ1) is 13.8. The van der Waals surface area contributed by atoms with Crippen molar-refractivity contribution in [1.82, 2.24) is 0 Å². The van der Waals surface area contributed by atoms with Crippen molar-refractivity contribution in [1.29, 1.82) is 0 Å². The van der Waals surface area contributed by atoms with Gasteiger partial charge in [0.15, 0.2) is 12.4 Å². The van der Waals surface area contributed by atoms with E-state index in [0.29, 0.717) is 5.92 Å². The van der Waals surface area contributed by atoms with Crippen molar-refractivity contribution < 1.29 is 9.30 Å². The second-order valence-electron chi connectivity index (χ2n) is 8.65. The predicted molar refractivity (Wildman–Crippen MR) is 122 cm³/mol. The quantitative estimate of drug-likeness (QED) is 0.175. The van der Waals surface area contributed by atoms with Gasteiger partial charge in [0.05, 0.1) is 0 Å². The van der Waals surface area contributed by atoms with E-state index in [2.05, 4.69) is 42.9 Å². The summed E-state index contributed by atoms with van der Waals surface area (Å²) >= 11 is 0. The summed E-state index contributed by atoms with van der Waals surface area (Å²) in [5.74, 6) is 0.626. The van der Waals surface area contributed by atoms with E-state index in [1.807, 2.05) is 0 Å². The van der Waals surface area contributed by atoms with E-state index in [1.165, 1.54) is 95.5 Å². The molecule has 0 aliphatic carbocycles. The molecular weight excluding hydrogens is 342 g/mol. The van der Waals surface area contributed by atoms with Crippen molar-refractivity contribution in [2.45, 2.75) is 123 Å². The molecular formula is C26H48NO+. The molecule has 1 rings (SSSR count). The summed E-state index contributed by atoms with van der Waals surface area (Å²) in [4.78, 5) is 0. The fourth-order valence-corrected chi connectivity index (χ4v) is 3.96. The molecule has 0 N–H and O–H groups in total. The molecule has 1 atom stereocenters. The minimum Gasteiger partial charge on any atom is -0.385 e. The number of rotatable bonds is 19. The van der Waals surface area contributed by atoms with Gasteiger partial charge in [-0.15, -0.1) is 0 Å². The van der Waals surface area contributed by atoms with Gasteiger partial charge >= 0.3 is 0 Å². The minimum atomic E-state index is 0.626. The molecule has 0 saturated carbocycles. The van der Waals surface area contributed by atoms with Gasteiger partial charge in [-0.2, -0.15) is 0 Å². The Balaban J connectivity index is 1.96. The molecule has 2 heteroatoms. The number of ether oxygens (including phenoxy) is 1. The molecule has 0 fully saturated rings. The lowest BCUT2D eigenvalue weighted by Crippen LogP contribution is -2.32. The number of nitrogens with zero attached hydrogens (tertiary/aromatic N) is 1. The van der Waals surface area contributed by atoms with Crippen molar-refractivity contribution in [3.8, 4) is 0 Å². The standard InChI is InChI=1S/C26H48NO/c1-4-5-6-7-8-9-10-11-12-13-14-15-16-21-27-22-19-26(20-23-27)25(2)18-17-24-28-3/h19-20,22-23,25H,4-18,21,24H2,1-3H3/q+1. The van der Waals surface area contributed by atoms with Crippen molar-refractivity contribution in [2.75, 3.05) is 13.7 Å². The van der Waals surface area contributed by atoms with Gasteiger partial charge in [-0.1, -0.05) is 84.5 Å². The van der Waals surface area contributed by atoms with Gasteiger partial charge in [0.25, 0.3) is 0 Å². The van der Waals surface area contributed by atoms with Gasteiger partial charge in [0.1, 0.15) is 6.54 Å². The van der Waals surface area contributed by atoms with E-state index in [1.54, 1.807) is 7.11 Å². The second-order valence-corrected chi connectivity index (χ2v) is 8.65. The highest BCUT2D eigenvalue weighted by atomic mass is 16.5. The summed E-state index contributed by atoms with van der Waals surface area (Å²) in [6, 6.07) is 4.61. The first kappa shape index (κ1) is 25.1. The van der Waals surface area contributed by atoms with Crippen LogP contribution in [0.3, 0.4) is 0 Å². The van der Waals surface area contributed by atoms with Crippen molar-refractivity contribution in [3.63, 3.8) is 0 Å². The van der Waals surface area contributed by atoms with Crippen LogP contribution in [-0.2, 0) is 11.3 Å². The van der Waals surface area contributed by atoms with Crippen molar-refractivity contribution >= 4 is 0 Å². The third kappa shape index (κ3) is 13.3.